The van der Waals surface area contributed by atoms with Crippen LogP contribution in [-0.4, -0.2) is 27.3 Å². The van der Waals surface area contributed by atoms with Crippen LogP contribution in [0.5, 0.6) is 17.2 Å². The van der Waals surface area contributed by atoms with Gasteiger partial charge in [-0.2, -0.15) is 4.89 Å². The molecule has 145 valence electrons. The van der Waals surface area contributed by atoms with E-state index >= 15 is 0 Å². The van der Waals surface area contributed by atoms with Crippen molar-refractivity contribution in [2.45, 2.75) is 46.5 Å². The van der Waals surface area contributed by atoms with E-state index in [0.29, 0.717) is 28.6 Å². The van der Waals surface area contributed by atoms with Crippen LogP contribution in [0.1, 0.15) is 56.8 Å². The van der Waals surface area contributed by atoms with Crippen LogP contribution in [0.4, 0.5) is 0 Å². The molecule has 6 nitrogen and oxygen atoms in total. The van der Waals surface area contributed by atoms with Crippen molar-refractivity contribution in [2.24, 2.45) is 11.3 Å². The number of hydrogen-bond donors (Lipinski definition) is 0. The highest BCUT2D eigenvalue weighted by Crippen LogP contribution is 2.41. The van der Waals surface area contributed by atoms with Crippen LogP contribution in [-0.2, 0) is 9.78 Å². The van der Waals surface area contributed by atoms with E-state index < -0.39 is 5.97 Å². The topological polar surface area (TPSA) is 63.2 Å². The van der Waals surface area contributed by atoms with Crippen molar-refractivity contribution in [2.75, 3.05) is 21.3 Å². The second-order valence-corrected chi connectivity index (χ2v) is 7.55. The molecular formula is C20H29O6. The maximum Gasteiger partial charge on any atom is 0.373 e. The Bertz CT molecular complexity index is 586. The lowest BCUT2D eigenvalue weighted by atomic mass is 9.72. The highest BCUT2D eigenvalue weighted by Gasteiger charge is 2.31. The van der Waals surface area contributed by atoms with Crippen LogP contribution in [0.3, 0.4) is 0 Å². The van der Waals surface area contributed by atoms with Gasteiger partial charge in [-0.15, -0.1) is 0 Å². The van der Waals surface area contributed by atoms with E-state index in [1.54, 1.807) is 0 Å². The zero-order valence-corrected chi connectivity index (χ0v) is 16.5. The van der Waals surface area contributed by atoms with Crippen LogP contribution >= 0.6 is 0 Å². The predicted molar refractivity (Wildman–Crippen MR) is 97.3 cm³/mol. The van der Waals surface area contributed by atoms with Crippen LogP contribution < -0.4 is 14.2 Å². The maximum absolute atomic E-state index is 12.3. The molecule has 1 aromatic carbocycles. The number of carbonyl (C=O) groups excluding carboxylic acids is 1. The van der Waals surface area contributed by atoms with Crippen molar-refractivity contribution in [3.8, 4) is 17.2 Å². The van der Waals surface area contributed by atoms with Gasteiger partial charge in [0.15, 0.2) is 11.5 Å². The average molecular weight is 365 g/mol. The van der Waals surface area contributed by atoms with E-state index in [1.807, 2.05) is 0 Å². The first-order valence-electron chi connectivity index (χ1n) is 8.83. The number of carbonyl (C=O) groups is 1. The van der Waals surface area contributed by atoms with Crippen molar-refractivity contribution in [3.63, 3.8) is 0 Å². The molecule has 1 aliphatic rings. The Labute approximate surface area is 155 Å². The van der Waals surface area contributed by atoms with Gasteiger partial charge in [0.2, 0.25) is 5.75 Å². The molecule has 0 aromatic heterocycles. The fraction of sp³-hybridized carbons (Fsp3) is 0.600. The average Bonchev–Trinajstić information content (AvgIpc) is 2.64. The molecule has 1 radical (unpaired) electrons. The maximum atomic E-state index is 12.3. The Morgan fingerprint density at radius 3 is 1.92 bits per heavy atom. The Kier molecular flexibility index (Phi) is 6.75. The van der Waals surface area contributed by atoms with E-state index in [9.17, 15) is 4.79 Å². The fourth-order valence-corrected chi connectivity index (χ4v) is 3.23. The minimum Gasteiger partial charge on any atom is -0.493 e. The summed E-state index contributed by atoms with van der Waals surface area (Å²) < 4.78 is 15.7. The van der Waals surface area contributed by atoms with Crippen molar-refractivity contribution in [1.29, 1.82) is 0 Å². The van der Waals surface area contributed by atoms with Gasteiger partial charge in [0.05, 0.1) is 26.9 Å². The zero-order valence-electron chi connectivity index (χ0n) is 16.5. The molecule has 2 rings (SSSR count). The van der Waals surface area contributed by atoms with Gasteiger partial charge in [-0.1, -0.05) is 20.8 Å². The fourth-order valence-electron chi connectivity index (χ4n) is 3.23. The Morgan fingerprint density at radius 2 is 1.50 bits per heavy atom. The van der Waals surface area contributed by atoms with Crippen molar-refractivity contribution in [3.05, 3.63) is 23.8 Å². The van der Waals surface area contributed by atoms with Crippen molar-refractivity contribution in [1.82, 2.24) is 0 Å². The molecule has 6 heteroatoms. The SMILES string of the molecule is COc1cc(C(=O)OO[C]2CCC(C(C)(C)C)CC2)cc(OC)c1OC. The lowest BCUT2D eigenvalue weighted by Crippen LogP contribution is -2.26. The Balaban J connectivity index is 1.96. The van der Waals surface area contributed by atoms with Gasteiger partial charge in [0.25, 0.3) is 0 Å². The number of benzene rings is 1. The lowest BCUT2D eigenvalue weighted by molar-refractivity contribution is -0.241. The minimum atomic E-state index is -0.602. The van der Waals surface area contributed by atoms with Gasteiger partial charge >= 0.3 is 5.97 Å². The second kappa shape index (κ2) is 8.62. The summed E-state index contributed by atoms with van der Waals surface area (Å²) >= 11 is 0. The first kappa shape index (κ1) is 20.4. The predicted octanol–water partition coefficient (Wildman–Crippen LogP) is 4.57. The molecule has 0 aliphatic heterocycles. The van der Waals surface area contributed by atoms with Crippen LogP contribution in [0.25, 0.3) is 0 Å². The molecular weight excluding hydrogens is 336 g/mol. The first-order valence-corrected chi connectivity index (χ1v) is 8.83. The van der Waals surface area contributed by atoms with E-state index in [2.05, 4.69) is 20.8 Å². The summed E-state index contributed by atoms with van der Waals surface area (Å²) in [4.78, 5) is 22.7. The van der Waals surface area contributed by atoms with Crippen LogP contribution in [0, 0.1) is 17.4 Å². The lowest BCUT2D eigenvalue weighted by Gasteiger charge is -2.35. The molecule has 0 amide bonds. The number of ether oxygens (including phenoxy) is 3. The third-order valence-electron chi connectivity index (χ3n) is 4.90. The van der Waals surface area contributed by atoms with E-state index in [1.165, 1.54) is 33.5 Å². The number of hydrogen-bond acceptors (Lipinski definition) is 6. The van der Waals surface area contributed by atoms with Crippen molar-refractivity contribution >= 4 is 5.97 Å². The smallest absolute Gasteiger partial charge is 0.373 e. The monoisotopic (exact) mass is 365 g/mol. The van der Waals surface area contributed by atoms with E-state index in [0.717, 1.165) is 31.8 Å². The van der Waals surface area contributed by atoms with E-state index in [4.69, 9.17) is 24.0 Å². The van der Waals surface area contributed by atoms with Gasteiger partial charge in [0.1, 0.15) is 6.10 Å². The summed E-state index contributed by atoms with van der Waals surface area (Å²) in [6.07, 6.45) is 4.52. The highest BCUT2D eigenvalue weighted by molar-refractivity contribution is 5.90. The molecule has 1 fully saturated rings. The van der Waals surface area contributed by atoms with Gasteiger partial charge in [-0.05, 0) is 49.1 Å². The van der Waals surface area contributed by atoms with Crippen LogP contribution in [0.15, 0.2) is 12.1 Å². The molecule has 1 aliphatic carbocycles. The Morgan fingerprint density at radius 1 is 0.962 bits per heavy atom. The first-order chi connectivity index (χ1) is 12.3. The summed E-state index contributed by atoms with van der Waals surface area (Å²) in [5, 5.41) is 0. The second-order valence-electron chi connectivity index (χ2n) is 7.55. The van der Waals surface area contributed by atoms with E-state index in [-0.39, 0.29) is 5.56 Å². The molecule has 0 atom stereocenters. The minimum absolute atomic E-state index is 0.267. The summed E-state index contributed by atoms with van der Waals surface area (Å²) in [7, 11) is 4.49. The van der Waals surface area contributed by atoms with Gasteiger partial charge in [0, 0.05) is 0 Å². The summed E-state index contributed by atoms with van der Waals surface area (Å²) in [6, 6.07) is 3.07. The zero-order chi connectivity index (χ0) is 19.3. The molecule has 0 N–H and O–H groups in total. The number of methoxy groups -OCH3 is 3. The van der Waals surface area contributed by atoms with Crippen molar-refractivity contribution < 1.29 is 28.8 Å². The molecule has 26 heavy (non-hydrogen) atoms. The third kappa shape index (κ3) is 4.81. The number of rotatable bonds is 6. The summed E-state index contributed by atoms with van der Waals surface area (Å²) in [5.74, 6) is 1.24. The van der Waals surface area contributed by atoms with Gasteiger partial charge < -0.3 is 14.2 Å². The summed E-state index contributed by atoms with van der Waals surface area (Å²) in [5.41, 5.74) is 0.557. The molecule has 0 heterocycles. The Hall–Kier alpha value is -1.95. The normalized spacial score (nSPS) is 16.2. The quantitative estimate of drug-likeness (QED) is 0.543. The molecule has 0 bridgehead atoms. The molecule has 0 unspecified atom stereocenters. The molecule has 0 saturated heterocycles. The van der Waals surface area contributed by atoms with Crippen LogP contribution in [0.2, 0.25) is 0 Å². The molecule has 1 aromatic rings. The largest absolute Gasteiger partial charge is 0.493 e. The van der Waals surface area contributed by atoms with Gasteiger partial charge in [-0.25, -0.2) is 4.79 Å². The highest BCUT2D eigenvalue weighted by atomic mass is 17.2. The van der Waals surface area contributed by atoms with Gasteiger partial charge in [-0.3, -0.25) is 4.89 Å². The third-order valence-corrected chi connectivity index (χ3v) is 4.90. The summed E-state index contributed by atoms with van der Waals surface area (Å²) in [6.45, 7) is 6.77. The standard InChI is InChI=1S/C20H29O6/c1-20(2,3)14-7-9-15(10-8-14)25-26-19(21)13-11-16(22-4)18(24-6)17(12-13)23-5/h11-12,14H,7-10H2,1-6H3. The molecule has 0 spiro atoms. The molecule has 1 saturated carbocycles.